The van der Waals surface area contributed by atoms with Gasteiger partial charge in [-0.3, -0.25) is 15.5 Å². The molecule has 232 valence electrons. The van der Waals surface area contributed by atoms with Crippen molar-refractivity contribution in [2.75, 3.05) is 11.9 Å². The van der Waals surface area contributed by atoms with Gasteiger partial charge >= 0.3 is 0 Å². The first-order valence-electron chi connectivity index (χ1n) is 14.9. The highest BCUT2D eigenvalue weighted by atomic mass is 16.5. The fraction of sp³-hybridized carbons (Fsp3) is 0.469. The van der Waals surface area contributed by atoms with Crippen molar-refractivity contribution in [3.05, 3.63) is 70.6 Å². The number of guanidine groups is 1. The van der Waals surface area contributed by atoms with Crippen LogP contribution in [0, 0.1) is 28.1 Å². The van der Waals surface area contributed by atoms with Crippen LogP contribution in [-0.4, -0.2) is 54.4 Å². The average Bonchev–Trinajstić information content (AvgIpc) is 3.51. The number of hydrogen-bond acceptors (Lipinski definition) is 9. The van der Waals surface area contributed by atoms with E-state index in [1.807, 2.05) is 25.1 Å². The molecule has 0 spiro atoms. The number of nitrogens with zero attached hydrogens (tertiary/aromatic N) is 4. The zero-order valence-corrected chi connectivity index (χ0v) is 25.2. The third kappa shape index (κ3) is 4.91. The molecule has 4 heterocycles. The SMILES string of the molecule is C=C1CCC2[C@](C)(CC[C@@H](O)[C@@]2(C)CO)C1CC(Nc1ccccn1)c1cc(C=c2nc3c(n2C)=NC(=N)NC3=O)oc1O. The van der Waals surface area contributed by atoms with Crippen LogP contribution in [0.2, 0.25) is 0 Å². The molecule has 0 aromatic carbocycles. The lowest BCUT2D eigenvalue weighted by molar-refractivity contribution is -0.152. The summed E-state index contributed by atoms with van der Waals surface area (Å²) in [6.45, 7) is 8.65. The van der Waals surface area contributed by atoms with Gasteiger partial charge in [0.2, 0.25) is 5.96 Å². The predicted molar refractivity (Wildman–Crippen MR) is 162 cm³/mol. The number of carbonyl (C=O) groups is 1. The molecule has 0 saturated heterocycles. The molecule has 44 heavy (non-hydrogen) atoms. The number of fused-ring (bicyclic) bond motifs is 2. The lowest BCUT2D eigenvalue weighted by atomic mass is 9.46. The summed E-state index contributed by atoms with van der Waals surface area (Å²) in [6.07, 6.45) is 6.35. The van der Waals surface area contributed by atoms with Crippen molar-refractivity contribution < 1.29 is 24.5 Å². The van der Waals surface area contributed by atoms with E-state index in [1.165, 1.54) is 0 Å². The molecule has 3 aromatic heterocycles. The molecule has 3 unspecified atom stereocenters. The number of carbonyl (C=O) groups excluding carboxylic acids is 1. The fourth-order valence-electron chi connectivity index (χ4n) is 7.84. The number of pyridine rings is 1. The van der Waals surface area contributed by atoms with Crippen LogP contribution in [0.5, 0.6) is 5.95 Å². The van der Waals surface area contributed by atoms with Gasteiger partial charge in [-0.1, -0.05) is 32.1 Å². The van der Waals surface area contributed by atoms with Gasteiger partial charge in [0.1, 0.15) is 17.1 Å². The molecule has 2 saturated carbocycles. The van der Waals surface area contributed by atoms with Gasteiger partial charge in [0, 0.05) is 24.7 Å². The molecule has 0 radical (unpaired) electrons. The highest BCUT2D eigenvalue weighted by molar-refractivity contribution is 6.05. The van der Waals surface area contributed by atoms with Crippen molar-refractivity contribution in [3.63, 3.8) is 0 Å². The summed E-state index contributed by atoms with van der Waals surface area (Å²) in [5.41, 5.74) is 1.55. The second-order valence-corrected chi connectivity index (χ2v) is 12.8. The van der Waals surface area contributed by atoms with E-state index >= 15 is 0 Å². The minimum Gasteiger partial charge on any atom is -0.480 e. The van der Waals surface area contributed by atoms with Gasteiger partial charge in [-0.2, -0.15) is 4.99 Å². The van der Waals surface area contributed by atoms with Gasteiger partial charge in [0.05, 0.1) is 24.3 Å². The molecule has 6 atom stereocenters. The van der Waals surface area contributed by atoms with E-state index in [9.17, 15) is 20.1 Å². The van der Waals surface area contributed by atoms with Gasteiger partial charge in [-0.15, -0.1) is 0 Å². The first-order chi connectivity index (χ1) is 20.9. The number of aromatic hydroxyl groups is 1. The van der Waals surface area contributed by atoms with E-state index in [0.717, 1.165) is 24.8 Å². The number of aliphatic hydroxyl groups is 2. The highest BCUT2D eigenvalue weighted by Gasteiger charge is 2.57. The molecule has 3 aromatic rings. The second kappa shape index (κ2) is 11.0. The largest absolute Gasteiger partial charge is 0.480 e. The maximum Gasteiger partial charge on any atom is 0.287 e. The van der Waals surface area contributed by atoms with E-state index in [2.05, 4.69) is 39.1 Å². The maximum absolute atomic E-state index is 12.3. The number of amides is 1. The summed E-state index contributed by atoms with van der Waals surface area (Å²) in [5, 5.41) is 46.1. The molecule has 0 bridgehead atoms. The molecule has 12 nitrogen and oxygen atoms in total. The number of aromatic nitrogens is 3. The van der Waals surface area contributed by atoms with E-state index in [-0.39, 0.29) is 46.9 Å². The summed E-state index contributed by atoms with van der Waals surface area (Å²) in [5.74, 6) is 0.0595. The molecule has 1 amide bonds. The Hall–Kier alpha value is -4.29. The lowest BCUT2D eigenvalue weighted by Crippen LogP contribution is -2.57. The number of hydrogen-bond donors (Lipinski definition) is 6. The van der Waals surface area contributed by atoms with Crippen LogP contribution in [0.1, 0.15) is 73.8 Å². The predicted octanol–water partition coefficient (Wildman–Crippen LogP) is 2.53. The van der Waals surface area contributed by atoms with Crippen LogP contribution < -0.4 is 21.6 Å². The minimum atomic E-state index is -0.612. The van der Waals surface area contributed by atoms with Crippen molar-refractivity contribution in [2.24, 2.45) is 34.7 Å². The number of nitrogens with one attached hydrogen (secondary N) is 3. The zero-order valence-electron chi connectivity index (χ0n) is 25.2. The third-order valence-corrected chi connectivity index (χ3v) is 10.3. The van der Waals surface area contributed by atoms with Crippen molar-refractivity contribution in [3.8, 4) is 5.95 Å². The lowest BCUT2D eigenvalue weighted by Gasteiger charge is -2.60. The Balaban J connectivity index is 1.39. The summed E-state index contributed by atoms with van der Waals surface area (Å²) in [4.78, 5) is 25.3. The first kappa shape index (κ1) is 29.8. The van der Waals surface area contributed by atoms with Crippen molar-refractivity contribution in [1.82, 2.24) is 19.9 Å². The van der Waals surface area contributed by atoms with Crippen molar-refractivity contribution in [2.45, 2.75) is 58.1 Å². The highest BCUT2D eigenvalue weighted by Crippen LogP contribution is 2.62. The van der Waals surface area contributed by atoms with Crippen LogP contribution in [0.15, 0.2) is 52.0 Å². The number of aliphatic hydroxyl groups excluding tert-OH is 2. The monoisotopic (exact) mass is 601 g/mol. The van der Waals surface area contributed by atoms with E-state index in [0.29, 0.717) is 35.5 Å². The van der Waals surface area contributed by atoms with Crippen LogP contribution in [-0.2, 0) is 7.05 Å². The van der Waals surface area contributed by atoms with Crippen LogP contribution >= 0.6 is 0 Å². The summed E-state index contributed by atoms with van der Waals surface area (Å²) >= 11 is 0. The molecule has 3 aliphatic rings. The maximum atomic E-state index is 12.3. The zero-order chi connectivity index (χ0) is 31.4. The standard InChI is InChI=1S/C32H39N7O5/c1-17-8-9-22-31(2,11-10-23(41)32(22,3)16-40)20(17)15-21(35-24-7-5-6-12-34-24)19-13-18(44-29(19)43)14-25-36-26-27(39(25)4)37-30(33)38-28(26)42/h5-7,12-14,20-23,40-41,43H,1,8-11,15-16H2,2-4H3,(H,34,35)(H2,33,38,42)/t20?,21?,22?,23-,31-,32+/m1/s1. The summed E-state index contributed by atoms with van der Waals surface area (Å²) < 4.78 is 7.40. The Bertz CT molecular complexity index is 1750. The quantitative estimate of drug-likeness (QED) is 0.223. The van der Waals surface area contributed by atoms with E-state index in [1.54, 1.807) is 30.0 Å². The van der Waals surface area contributed by atoms with Gasteiger partial charge in [0.15, 0.2) is 11.2 Å². The van der Waals surface area contributed by atoms with Crippen LogP contribution in [0.25, 0.3) is 6.08 Å². The molecule has 2 aliphatic carbocycles. The fourth-order valence-corrected chi connectivity index (χ4v) is 7.84. The number of imidazole rings is 1. The van der Waals surface area contributed by atoms with Crippen LogP contribution in [0.4, 0.5) is 5.82 Å². The number of rotatable bonds is 7. The molecular weight excluding hydrogens is 562 g/mol. The molecule has 2 fully saturated rings. The van der Waals surface area contributed by atoms with E-state index in [4.69, 9.17) is 9.83 Å². The molecule has 12 heteroatoms. The van der Waals surface area contributed by atoms with Gasteiger partial charge < -0.3 is 29.6 Å². The van der Waals surface area contributed by atoms with Crippen molar-refractivity contribution in [1.29, 1.82) is 5.41 Å². The van der Waals surface area contributed by atoms with Gasteiger partial charge in [-0.25, -0.2) is 9.97 Å². The number of furan rings is 1. The third-order valence-electron chi connectivity index (χ3n) is 10.3. The first-order valence-corrected chi connectivity index (χ1v) is 14.9. The Morgan fingerprint density at radius 3 is 2.86 bits per heavy atom. The molecule has 1 aliphatic heterocycles. The summed E-state index contributed by atoms with van der Waals surface area (Å²) in [6, 6.07) is 6.91. The van der Waals surface area contributed by atoms with Gasteiger partial charge in [0.25, 0.3) is 11.9 Å². The normalized spacial score (nSPS) is 29.4. The molecule has 6 N–H and O–H groups in total. The van der Waals surface area contributed by atoms with E-state index < -0.39 is 23.5 Å². The number of allylic oxidation sites excluding steroid dienone is 1. The minimum absolute atomic E-state index is 0.0271. The Morgan fingerprint density at radius 2 is 2.14 bits per heavy atom. The summed E-state index contributed by atoms with van der Waals surface area (Å²) in [7, 11) is 1.69. The molecule has 6 rings (SSSR count). The Labute approximate surface area is 254 Å². The molecular formula is C32H39N7O5. The second-order valence-electron chi connectivity index (χ2n) is 12.8. The smallest absolute Gasteiger partial charge is 0.287 e. The van der Waals surface area contributed by atoms with Crippen molar-refractivity contribution >= 4 is 23.8 Å². The number of anilines is 1. The van der Waals surface area contributed by atoms with Gasteiger partial charge in [-0.05, 0) is 67.6 Å². The average molecular weight is 602 g/mol. The Kier molecular flexibility index (Phi) is 7.45. The topological polar surface area (TPSA) is 182 Å². The Morgan fingerprint density at radius 1 is 1.34 bits per heavy atom. The van der Waals surface area contributed by atoms with Crippen LogP contribution in [0.3, 0.4) is 0 Å².